The summed E-state index contributed by atoms with van der Waals surface area (Å²) in [5.74, 6) is -0.660. The molecule has 0 aliphatic heterocycles. The van der Waals surface area contributed by atoms with Crippen molar-refractivity contribution >= 4 is 11.9 Å². The first-order valence-corrected chi connectivity index (χ1v) is 8.56. The first-order valence-electron chi connectivity index (χ1n) is 8.56. The van der Waals surface area contributed by atoms with Crippen LogP contribution < -0.4 is 5.32 Å². The maximum atomic E-state index is 11.9. The van der Waals surface area contributed by atoms with Crippen LogP contribution in [0.15, 0.2) is 0 Å². The highest BCUT2D eigenvalue weighted by Crippen LogP contribution is 2.38. The van der Waals surface area contributed by atoms with Gasteiger partial charge in [-0.1, -0.05) is 51.9 Å². The van der Waals surface area contributed by atoms with Crippen LogP contribution in [0.4, 0.5) is 0 Å². The van der Waals surface area contributed by atoms with E-state index in [2.05, 4.69) is 12.2 Å². The van der Waals surface area contributed by atoms with Crippen LogP contribution in [0.2, 0.25) is 0 Å². The molecule has 1 aliphatic carbocycles. The second-order valence-corrected chi connectivity index (χ2v) is 6.57. The van der Waals surface area contributed by atoms with Gasteiger partial charge in [0, 0.05) is 13.0 Å². The lowest BCUT2D eigenvalue weighted by Crippen LogP contribution is -2.40. The first kappa shape index (κ1) is 18.0. The normalized spacial score (nSPS) is 17.4. The fourth-order valence-corrected chi connectivity index (χ4v) is 3.30. The molecular weight excluding hydrogens is 266 g/mol. The Morgan fingerprint density at radius 1 is 1.05 bits per heavy atom. The number of carbonyl (C=O) groups excluding carboxylic acids is 1. The van der Waals surface area contributed by atoms with Gasteiger partial charge in [0.25, 0.3) is 0 Å². The standard InChI is InChI=1S/C17H31NO3/c1-2-3-4-5-7-10-15(19)18-14-17(13-16(20)21)11-8-6-9-12-17/h2-14H2,1H3,(H,18,19)(H,20,21). The molecule has 21 heavy (non-hydrogen) atoms. The molecule has 4 nitrogen and oxygen atoms in total. The summed E-state index contributed by atoms with van der Waals surface area (Å²) in [7, 11) is 0. The number of carbonyl (C=O) groups is 2. The van der Waals surface area contributed by atoms with Crippen LogP contribution in [-0.2, 0) is 9.59 Å². The van der Waals surface area contributed by atoms with Crippen LogP contribution in [-0.4, -0.2) is 23.5 Å². The van der Waals surface area contributed by atoms with Crippen molar-refractivity contribution in [3.63, 3.8) is 0 Å². The van der Waals surface area contributed by atoms with Gasteiger partial charge in [-0.05, 0) is 24.7 Å². The molecule has 1 fully saturated rings. The van der Waals surface area contributed by atoms with E-state index in [9.17, 15) is 9.59 Å². The van der Waals surface area contributed by atoms with Crippen molar-refractivity contribution in [3.05, 3.63) is 0 Å². The molecule has 0 bridgehead atoms. The summed E-state index contributed by atoms with van der Waals surface area (Å²) in [5.41, 5.74) is -0.206. The number of amides is 1. The van der Waals surface area contributed by atoms with Crippen LogP contribution in [0.25, 0.3) is 0 Å². The molecular formula is C17H31NO3. The number of nitrogens with one attached hydrogen (secondary N) is 1. The van der Waals surface area contributed by atoms with Gasteiger partial charge in [0.2, 0.25) is 5.91 Å². The van der Waals surface area contributed by atoms with Crippen LogP contribution in [0, 0.1) is 5.41 Å². The van der Waals surface area contributed by atoms with Gasteiger partial charge >= 0.3 is 5.97 Å². The number of hydrogen-bond acceptors (Lipinski definition) is 2. The zero-order valence-corrected chi connectivity index (χ0v) is 13.5. The van der Waals surface area contributed by atoms with Crippen molar-refractivity contribution in [2.45, 2.75) is 84.0 Å². The molecule has 0 aromatic heterocycles. The Balaban J connectivity index is 2.28. The summed E-state index contributed by atoms with van der Waals surface area (Å²) in [6.45, 7) is 2.71. The molecule has 1 rings (SSSR count). The van der Waals surface area contributed by atoms with Gasteiger partial charge in [-0.3, -0.25) is 9.59 Å². The molecule has 0 radical (unpaired) electrons. The van der Waals surface area contributed by atoms with Gasteiger partial charge in [0.05, 0.1) is 6.42 Å². The smallest absolute Gasteiger partial charge is 0.303 e. The molecule has 0 unspecified atom stereocenters. The van der Waals surface area contributed by atoms with Gasteiger partial charge in [-0.2, -0.15) is 0 Å². The SMILES string of the molecule is CCCCCCCC(=O)NCC1(CC(=O)O)CCCCC1. The second kappa shape index (κ2) is 9.80. The lowest BCUT2D eigenvalue weighted by Gasteiger charge is -2.36. The highest BCUT2D eigenvalue weighted by molar-refractivity contribution is 5.76. The summed E-state index contributed by atoms with van der Waals surface area (Å²) in [6, 6.07) is 0. The molecule has 0 spiro atoms. The van der Waals surface area contributed by atoms with Gasteiger partial charge < -0.3 is 10.4 Å². The zero-order chi connectivity index (χ0) is 15.6. The molecule has 0 atom stereocenters. The zero-order valence-electron chi connectivity index (χ0n) is 13.5. The van der Waals surface area contributed by atoms with E-state index >= 15 is 0 Å². The predicted molar refractivity (Wildman–Crippen MR) is 84.2 cm³/mol. The Hall–Kier alpha value is -1.06. The van der Waals surface area contributed by atoms with Crippen LogP contribution in [0.5, 0.6) is 0 Å². The summed E-state index contributed by atoms with van der Waals surface area (Å²) < 4.78 is 0. The number of aliphatic carboxylic acids is 1. The lowest BCUT2D eigenvalue weighted by molar-refractivity contribution is -0.140. The molecule has 1 aliphatic rings. The van der Waals surface area contributed by atoms with Crippen molar-refractivity contribution in [2.24, 2.45) is 5.41 Å². The van der Waals surface area contributed by atoms with Gasteiger partial charge in [0.15, 0.2) is 0 Å². The Labute approximate surface area is 128 Å². The van der Waals surface area contributed by atoms with Crippen LogP contribution in [0.3, 0.4) is 0 Å². The highest BCUT2D eigenvalue weighted by atomic mass is 16.4. The number of carboxylic acid groups (broad SMARTS) is 1. The average molecular weight is 297 g/mol. The van der Waals surface area contributed by atoms with Crippen molar-refractivity contribution < 1.29 is 14.7 Å². The number of unbranched alkanes of at least 4 members (excludes halogenated alkanes) is 4. The highest BCUT2D eigenvalue weighted by Gasteiger charge is 2.34. The minimum absolute atomic E-state index is 0.0850. The quantitative estimate of drug-likeness (QED) is 0.601. The summed E-state index contributed by atoms with van der Waals surface area (Å²) >= 11 is 0. The van der Waals surface area contributed by atoms with Crippen LogP contribution >= 0.6 is 0 Å². The first-order chi connectivity index (χ1) is 10.1. The van der Waals surface area contributed by atoms with E-state index in [1.54, 1.807) is 0 Å². The lowest BCUT2D eigenvalue weighted by atomic mass is 9.71. The minimum atomic E-state index is -0.745. The topological polar surface area (TPSA) is 66.4 Å². The van der Waals surface area contributed by atoms with Crippen molar-refractivity contribution in [1.29, 1.82) is 0 Å². The van der Waals surface area contributed by atoms with Crippen molar-refractivity contribution in [3.8, 4) is 0 Å². The third-order valence-electron chi connectivity index (χ3n) is 4.61. The Kier molecular flexibility index (Phi) is 8.40. The summed E-state index contributed by atoms with van der Waals surface area (Å²) in [4.78, 5) is 23.0. The van der Waals surface area contributed by atoms with E-state index < -0.39 is 5.97 Å². The summed E-state index contributed by atoms with van der Waals surface area (Å²) in [6.07, 6.45) is 11.7. The van der Waals surface area contributed by atoms with Crippen molar-refractivity contribution in [1.82, 2.24) is 5.32 Å². The van der Waals surface area contributed by atoms with E-state index in [0.29, 0.717) is 13.0 Å². The molecule has 1 saturated carbocycles. The molecule has 4 heteroatoms. The van der Waals surface area contributed by atoms with Crippen LogP contribution in [0.1, 0.15) is 84.0 Å². The molecule has 0 aromatic rings. The van der Waals surface area contributed by atoms with Gasteiger partial charge in [0.1, 0.15) is 0 Å². The Morgan fingerprint density at radius 3 is 2.33 bits per heavy atom. The monoisotopic (exact) mass is 297 g/mol. The van der Waals surface area contributed by atoms with Gasteiger partial charge in [-0.15, -0.1) is 0 Å². The number of hydrogen-bond donors (Lipinski definition) is 2. The maximum Gasteiger partial charge on any atom is 0.303 e. The molecule has 0 heterocycles. The molecule has 1 amide bonds. The van der Waals surface area contributed by atoms with Gasteiger partial charge in [-0.25, -0.2) is 0 Å². The fraction of sp³-hybridized carbons (Fsp3) is 0.882. The number of rotatable bonds is 10. The average Bonchev–Trinajstić information content (AvgIpc) is 2.45. The predicted octanol–water partition coefficient (Wildman–Crippen LogP) is 3.89. The molecule has 2 N–H and O–H groups in total. The molecule has 0 saturated heterocycles. The van der Waals surface area contributed by atoms with E-state index in [0.717, 1.165) is 38.5 Å². The third-order valence-corrected chi connectivity index (χ3v) is 4.61. The third kappa shape index (κ3) is 7.49. The Bertz CT molecular complexity index is 322. The summed E-state index contributed by atoms with van der Waals surface area (Å²) in [5, 5.41) is 12.1. The van der Waals surface area contributed by atoms with E-state index in [4.69, 9.17) is 5.11 Å². The maximum absolute atomic E-state index is 11.9. The number of carboxylic acids is 1. The van der Waals surface area contributed by atoms with E-state index in [-0.39, 0.29) is 17.7 Å². The van der Waals surface area contributed by atoms with E-state index in [1.807, 2.05) is 0 Å². The minimum Gasteiger partial charge on any atom is -0.481 e. The largest absolute Gasteiger partial charge is 0.481 e. The second-order valence-electron chi connectivity index (χ2n) is 6.57. The Morgan fingerprint density at radius 2 is 1.71 bits per heavy atom. The molecule has 122 valence electrons. The molecule has 0 aromatic carbocycles. The fourth-order valence-electron chi connectivity index (χ4n) is 3.30. The van der Waals surface area contributed by atoms with Crippen molar-refractivity contribution in [2.75, 3.05) is 6.54 Å². The van der Waals surface area contributed by atoms with E-state index in [1.165, 1.54) is 25.7 Å².